The largest absolute Gasteiger partial charge is 0.494 e. The van der Waals surface area contributed by atoms with Crippen molar-refractivity contribution in [3.63, 3.8) is 0 Å². The molecule has 1 aliphatic heterocycles. The Morgan fingerprint density at radius 1 is 1.88 bits per heavy atom. The summed E-state index contributed by atoms with van der Waals surface area (Å²) in [6, 6.07) is 0. The number of methoxy groups -OCH3 is 1. The molecule has 0 fully saturated rings. The van der Waals surface area contributed by atoms with Crippen LogP contribution in [0.5, 0.6) is 0 Å². The van der Waals surface area contributed by atoms with Crippen LogP contribution in [-0.2, 0) is 4.74 Å². The molecule has 0 amide bonds. The van der Waals surface area contributed by atoms with E-state index in [1.807, 2.05) is 0 Å². The molecule has 1 aliphatic rings. The van der Waals surface area contributed by atoms with E-state index in [1.54, 1.807) is 19.5 Å². The SMILES string of the molecule is COC1=CNCN=C1. The van der Waals surface area contributed by atoms with Crippen LogP contribution in [0, 0.1) is 0 Å². The summed E-state index contributed by atoms with van der Waals surface area (Å²) in [4.78, 5) is 3.90. The molecular formula is C5H8N2O. The molecule has 3 nitrogen and oxygen atoms in total. The molecule has 0 atom stereocenters. The van der Waals surface area contributed by atoms with E-state index in [0.29, 0.717) is 6.67 Å². The second kappa shape index (κ2) is 2.35. The second-order valence-corrected chi connectivity index (χ2v) is 1.42. The van der Waals surface area contributed by atoms with Crippen molar-refractivity contribution >= 4 is 6.21 Å². The normalized spacial score (nSPS) is 16.9. The summed E-state index contributed by atoms with van der Waals surface area (Å²) in [5.41, 5.74) is 0. The number of rotatable bonds is 1. The fraction of sp³-hybridized carbons (Fsp3) is 0.400. The van der Waals surface area contributed by atoms with E-state index < -0.39 is 0 Å². The number of aliphatic imine (C=N–C) groups is 1. The molecule has 44 valence electrons. The van der Waals surface area contributed by atoms with Gasteiger partial charge in [-0.15, -0.1) is 0 Å². The van der Waals surface area contributed by atoms with Crippen molar-refractivity contribution < 1.29 is 4.74 Å². The van der Waals surface area contributed by atoms with Crippen LogP contribution in [0.3, 0.4) is 0 Å². The third kappa shape index (κ3) is 0.992. The first-order valence-electron chi connectivity index (χ1n) is 2.41. The Hall–Kier alpha value is -0.990. The van der Waals surface area contributed by atoms with Crippen LogP contribution in [0.1, 0.15) is 0 Å². The third-order valence-corrected chi connectivity index (χ3v) is 0.881. The molecular weight excluding hydrogens is 104 g/mol. The smallest absolute Gasteiger partial charge is 0.152 e. The highest BCUT2D eigenvalue weighted by Crippen LogP contribution is 1.91. The van der Waals surface area contributed by atoms with Crippen molar-refractivity contribution in [1.82, 2.24) is 5.32 Å². The fourth-order valence-corrected chi connectivity index (χ4v) is 0.483. The first kappa shape index (κ1) is 5.15. The first-order valence-corrected chi connectivity index (χ1v) is 2.41. The molecule has 0 aromatic rings. The molecule has 0 aromatic heterocycles. The summed E-state index contributed by atoms with van der Waals surface area (Å²) in [6.45, 7) is 0.660. The van der Waals surface area contributed by atoms with Crippen LogP contribution in [-0.4, -0.2) is 20.0 Å². The fourth-order valence-electron chi connectivity index (χ4n) is 0.483. The van der Waals surface area contributed by atoms with Crippen molar-refractivity contribution in [3.05, 3.63) is 12.0 Å². The van der Waals surface area contributed by atoms with E-state index in [-0.39, 0.29) is 0 Å². The van der Waals surface area contributed by atoms with E-state index in [0.717, 1.165) is 5.76 Å². The summed E-state index contributed by atoms with van der Waals surface area (Å²) in [7, 11) is 1.62. The maximum atomic E-state index is 4.84. The number of allylic oxidation sites excluding steroid dienone is 1. The predicted molar refractivity (Wildman–Crippen MR) is 31.6 cm³/mol. The van der Waals surface area contributed by atoms with Crippen LogP contribution in [0.2, 0.25) is 0 Å². The lowest BCUT2D eigenvalue weighted by Crippen LogP contribution is -2.12. The van der Waals surface area contributed by atoms with Crippen LogP contribution in [0.25, 0.3) is 0 Å². The summed E-state index contributed by atoms with van der Waals surface area (Å²) in [5.74, 6) is 0.774. The van der Waals surface area contributed by atoms with E-state index in [2.05, 4.69) is 10.3 Å². The molecule has 1 N–H and O–H groups in total. The van der Waals surface area contributed by atoms with E-state index in [9.17, 15) is 0 Å². The van der Waals surface area contributed by atoms with Gasteiger partial charge in [-0.3, -0.25) is 4.99 Å². The average molecular weight is 112 g/mol. The zero-order valence-electron chi connectivity index (χ0n) is 4.72. The Morgan fingerprint density at radius 3 is 3.12 bits per heavy atom. The molecule has 3 heteroatoms. The Labute approximate surface area is 48.1 Å². The zero-order valence-corrected chi connectivity index (χ0v) is 4.72. The van der Waals surface area contributed by atoms with Crippen LogP contribution < -0.4 is 5.32 Å². The molecule has 8 heavy (non-hydrogen) atoms. The summed E-state index contributed by atoms with van der Waals surface area (Å²) in [6.07, 6.45) is 3.48. The van der Waals surface area contributed by atoms with Crippen molar-refractivity contribution in [3.8, 4) is 0 Å². The minimum absolute atomic E-state index is 0.660. The van der Waals surface area contributed by atoms with Gasteiger partial charge in [-0.1, -0.05) is 0 Å². The quantitative estimate of drug-likeness (QED) is 0.522. The first-order chi connectivity index (χ1) is 3.93. The molecule has 1 rings (SSSR count). The maximum absolute atomic E-state index is 4.84. The molecule has 0 radical (unpaired) electrons. The van der Waals surface area contributed by atoms with Gasteiger partial charge in [0.05, 0.1) is 13.3 Å². The molecule has 0 saturated carbocycles. The van der Waals surface area contributed by atoms with E-state index in [4.69, 9.17) is 4.74 Å². The van der Waals surface area contributed by atoms with Crippen molar-refractivity contribution in [2.24, 2.45) is 4.99 Å². The van der Waals surface area contributed by atoms with E-state index in [1.165, 1.54) is 0 Å². The van der Waals surface area contributed by atoms with E-state index >= 15 is 0 Å². The molecule has 0 aliphatic carbocycles. The van der Waals surface area contributed by atoms with Gasteiger partial charge in [-0.25, -0.2) is 0 Å². The van der Waals surface area contributed by atoms with Gasteiger partial charge in [0, 0.05) is 6.20 Å². The Balaban J connectivity index is 2.51. The standard InChI is InChI=1S/C5H8N2O/c1-8-5-2-6-4-7-3-5/h2-3,6H,4H2,1H3. The average Bonchev–Trinajstić information content (AvgIpc) is 1.90. The van der Waals surface area contributed by atoms with Crippen LogP contribution >= 0.6 is 0 Å². The number of nitrogens with one attached hydrogen (secondary N) is 1. The van der Waals surface area contributed by atoms with Crippen molar-refractivity contribution in [2.75, 3.05) is 13.8 Å². The summed E-state index contributed by atoms with van der Waals surface area (Å²) < 4.78 is 4.84. The highest BCUT2D eigenvalue weighted by atomic mass is 16.5. The van der Waals surface area contributed by atoms with Crippen LogP contribution in [0.4, 0.5) is 0 Å². The minimum Gasteiger partial charge on any atom is -0.494 e. The van der Waals surface area contributed by atoms with Crippen LogP contribution in [0.15, 0.2) is 17.0 Å². The lowest BCUT2D eigenvalue weighted by molar-refractivity contribution is 0.312. The summed E-state index contributed by atoms with van der Waals surface area (Å²) in [5, 5.41) is 2.90. The molecule has 0 saturated heterocycles. The summed E-state index contributed by atoms with van der Waals surface area (Å²) >= 11 is 0. The number of ether oxygens (including phenoxy) is 1. The number of hydrogen-bond donors (Lipinski definition) is 1. The van der Waals surface area contributed by atoms with Gasteiger partial charge in [0.2, 0.25) is 0 Å². The lowest BCUT2D eigenvalue weighted by Gasteiger charge is -2.04. The van der Waals surface area contributed by atoms with Gasteiger partial charge in [0.25, 0.3) is 0 Å². The van der Waals surface area contributed by atoms with Crippen molar-refractivity contribution in [1.29, 1.82) is 0 Å². The minimum atomic E-state index is 0.660. The third-order valence-electron chi connectivity index (χ3n) is 0.881. The monoisotopic (exact) mass is 112 g/mol. The zero-order chi connectivity index (χ0) is 5.82. The molecule has 1 heterocycles. The lowest BCUT2D eigenvalue weighted by atomic mass is 10.5. The maximum Gasteiger partial charge on any atom is 0.152 e. The van der Waals surface area contributed by atoms with Gasteiger partial charge in [0.15, 0.2) is 5.76 Å². The van der Waals surface area contributed by atoms with Gasteiger partial charge in [-0.05, 0) is 0 Å². The second-order valence-electron chi connectivity index (χ2n) is 1.42. The number of nitrogens with zero attached hydrogens (tertiary/aromatic N) is 1. The predicted octanol–water partition coefficient (Wildman–Crippen LogP) is 0.106. The molecule has 0 bridgehead atoms. The Kier molecular flexibility index (Phi) is 1.51. The van der Waals surface area contributed by atoms with Gasteiger partial charge in [-0.2, -0.15) is 0 Å². The Morgan fingerprint density at radius 2 is 2.75 bits per heavy atom. The topological polar surface area (TPSA) is 33.6 Å². The highest BCUT2D eigenvalue weighted by molar-refractivity contribution is 5.76. The molecule has 0 aromatic carbocycles. The van der Waals surface area contributed by atoms with Gasteiger partial charge >= 0.3 is 0 Å². The Bertz CT molecular complexity index is 128. The molecule has 0 unspecified atom stereocenters. The highest BCUT2D eigenvalue weighted by Gasteiger charge is 1.91. The molecule has 0 spiro atoms. The van der Waals surface area contributed by atoms with Gasteiger partial charge in [0.1, 0.15) is 6.67 Å². The number of hydrogen-bond acceptors (Lipinski definition) is 3. The van der Waals surface area contributed by atoms with Gasteiger partial charge < -0.3 is 10.1 Å². The van der Waals surface area contributed by atoms with Crippen molar-refractivity contribution in [2.45, 2.75) is 0 Å².